The minimum atomic E-state index is -0.124. The number of likely N-dealkylation sites (tertiary alicyclic amines) is 1. The molecule has 3 rings (SSSR count). The third kappa shape index (κ3) is 3.15. The van der Waals surface area contributed by atoms with Crippen LogP contribution in [-0.4, -0.2) is 70.9 Å². The van der Waals surface area contributed by atoms with Crippen molar-refractivity contribution in [3.8, 4) is 0 Å². The van der Waals surface area contributed by atoms with Crippen LogP contribution >= 0.6 is 0 Å². The van der Waals surface area contributed by atoms with E-state index in [2.05, 4.69) is 37.8 Å². The van der Waals surface area contributed by atoms with Crippen molar-refractivity contribution < 1.29 is 9.53 Å². The van der Waals surface area contributed by atoms with Crippen molar-refractivity contribution >= 4 is 5.91 Å². The molecule has 6 heteroatoms. The van der Waals surface area contributed by atoms with Crippen LogP contribution in [0.15, 0.2) is 6.07 Å². The summed E-state index contributed by atoms with van der Waals surface area (Å²) in [6.45, 7) is 11.5. The first-order valence-electron chi connectivity index (χ1n) is 8.45. The maximum Gasteiger partial charge on any atom is 0.274 e. The normalized spacial score (nSPS) is 26.2. The number of rotatable bonds is 1. The molecule has 2 aliphatic rings. The van der Waals surface area contributed by atoms with Crippen molar-refractivity contribution in [3.05, 3.63) is 17.5 Å². The number of carbonyl (C=O) groups is 1. The Morgan fingerprint density at radius 2 is 2.09 bits per heavy atom. The highest BCUT2D eigenvalue weighted by Crippen LogP contribution is 2.25. The molecule has 0 saturated carbocycles. The molecule has 2 fully saturated rings. The van der Waals surface area contributed by atoms with E-state index in [0.717, 1.165) is 25.2 Å². The highest BCUT2D eigenvalue weighted by Gasteiger charge is 2.39. The van der Waals surface area contributed by atoms with Crippen molar-refractivity contribution in [1.29, 1.82) is 0 Å². The Balaban J connectivity index is 1.84. The molecule has 0 spiro atoms. The van der Waals surface area contributed by atoms with Crippen molar-refractivity contribution in [2.45, 2.75) is 51.8 Å². The summed E-state index contributed by atoms with van der Waals surface area (Å²) in [5.41, 5.74) is 1.44. The quantitative estimate of drug-likeness (QED) is 0.787. The van der Waals surface area contributed by atoms with Gasteiger partial charge in [-0.25, -0.2) is 0 Å². The van der Waals surface area contributed by atoms with Crippen LogP contribution in [0.1, 0.15) is 43.4 Å². The van der Waals surface area contributed by atoms with Gasteiger partial charge in [0.15, 0.2) is 5.69 Å². The van der Waals surface area contributed by atoms with Gasteiger partial charge >= 0.3 is 0 Å². The first-order valence-corrected chi connectivity index (χ1v) is 8.45. The lowest BCUT2D eigenvalue weighted by molar-refractivity contribution is -0.0871. The predicted octanol–water partition coefficient (Wildman–Crippen LogP) is 1.49. The smallest absolute Gasteiger partial charge is 0.274 e. The average Bonchev–Trinajstić information content (AvgIpc) is 2.88. The van der Waals surface area contributed by atoms with Crippen LogP contribution in [0, 0.1) is 6.92 Å². The second-order valence-corrected chi connectivity index (χ2v) is 7.78. The number of hydrogen-bond donors (Lipinski definition) is 0. The van der Waals surface area contributed by atoms with Gasteiger partial charge in [0.1, 0.15) is 0 Å². The van der Waals surface area contributed by atoms with Crippen LogP contribution < -0.4 is 0 Å². The van der Waals surface area contributed by atoms with Gasteiger partial charge in [-0.1, -0.05) is 0 Å². The Labute approximate surface area is 138 Å². The van der Waals surface area contributed by atoms with Crippen LogP contribution in [0.5, 0.6) is 0 Å². The second kappa shape index (κ2) is 5.91. The van der Waals surface area contributed by atoms with Gasteiger partial charge in [-0.3, -0.25) is 9.48 Å². The van der Waals surface area contributed by atoms with E-state index in [9.17, 15) is 4.79 Å². The van der Waals surface area contributed by atoms with Crippen molar-refractivity contribution in [3.63, 3.8) is 0 Å². The molecule has 6 nitrogen and oxygen atoms in total. The first-order chi connectivity index (χ1) is 10.8. The lowest BCUT2D eigenvalue weighted by Gasteiger charge is -2.46. The lowest BCUT2D eigenvalue weighted by atomic mass is 9.99. The minimum absolute atomic E-state index is 0.0321. The molecule has 0 N–H and O–H groups in total. The number of ether oxygens (including phenoxy) is 1. The van der Waals surface area contributed by atoms with Gasteiger partial charge in [-0.05, 0) is 47.2 Å². The molecule has 1 amide bonds. The number of likely N-dealkylation sites (N-methyl/N-ethyl adjacent to an activating group) is 1. The molecule has 2 aliphatic heterocycles. The Morgan fingerprint density at radius 3 is 2.74 bits per heavy atom. The van der Waals surface area contributed by atoms with E-state index in [-0.39, 0.29) is 23.6 Å². The Bertz CT molecular complexity index is 590. The maximum atomic E-state index is 13.0. The number of fused-ring (bicyclic) bond motifs is 1. The summed E-state index contributed by atoms with van der Waals surface area (Å²) in [6, 6.07) is 2.04. The molecule has 3 heterocycles. The molecule has 2 atom stereocenters. The van der Waals surface area contributed by atoms with Gasteiger partial charge in [0.05, 0.1) is 24.3 Å². The van der Waals surface area contributed by atoms with Crippen LogP contribution in [0.2, 0.25) is 0 Å². The Morgan fingerprint density at radius 1 is 1.35 bits per heavy atom. The molecular weight excluding hydrogens is 292 g/mol. The van der Waals surface area contributed by atoms with Gasteiger partial charge in [-0.15, -0.1) is 0 Å². The highest BCUT2D eigenvalue weighted by atomic mass is 16.5. The van der Waals surface area contributed by atoms with E-state index < -0.39 is 0 Å². The van der Waals surface area contributed by atoms with Crippen LogP contribution in [0.25, 0.3) is 0 Å². The number of hydrogen-bond acceptors (Lipinski definition) is 4. The van der Waals surface area contributed by atoms with E-state index in [0.29, 0.717) is 18.8 Å². The molecule has 128 valence electrons. The molecule has 1 aromatic rings. The highest BCUT2D eigenvalue weighted by molar-refractivity contribution is 5.92. The fourth-order valence-electron chi connectivity index (χ4n) is 3.69. The number of carbonyl (C=O) groups excluding carboxylic acids is 1. The third-order valence-electron chi connectivity index (χ3n) is 4.79. The number of nitrogens with zero attached hydrogens (tertiary/aromatic N) is 4. The van der Waals surface area contributed by atoms with E-state index in [1.165, 1.54) is 0 Å². The Hall–Kier alpha value is -1.40. The Kier molecular flexibility index (Phi) is 4.23. The molecule has 1 aromatic heterocycles. The van der Waals surface area contributed by atoms with Gasteiger partial charge in [-0.2, -0.15) is 5.10 Å². The number of aromatic nitrogens is 2. The van der Waals surface area contributed by atoms with Crippen LogP contribution in [0.4, 0.5) is 0 Å². The minimum Gasteiger partial charge on any atom is -0.374 e. The van der Waals surface area contributed by atoms with Crippen LogP contribution in [-0.2, 0) is 10.3 Å². The van der Waals surface area contributed by atoms with Gasteiger partial charge in [0.2, 0.25) is 0 Å². The van der Waals surface area contributed by atoms with Gasteiger partial charge < -0.3 is 14.5 Å². The van der Waals surface area contributed by atoms with E-state index in [4.69, 9.17) is 4.74 Å². The fraction of sp³-hybridized carbons (Fsp3) is 0.765. The molecule has 2 unspecified atom stereocenters. The summed E-state index contributed by atoms with van der Waals surface area (Å²) in [7, 11) is 2.10. The van der Waals surface area contributed by atoms with E-state index >= 15 is 0 Å². The largest absolute Gasteiger partial charge is 0.374 e. The summed E-state index contributed by atoms with van der Waals surface area (Å²) in [5.74, 6) is 0.0321. The molecule has 23 heavy (non-hydrogen) atoms. The summed E-state index contributed by atoms with van der Waals surface area (Å²) in [6.07, 6.45) is 1.15. The van der Waals surface area contributed by atoms with Crippen molar-refractivity contribution in [2.75, 3.05) is 33.3 Å². The van der Waals surface area contributed by atoms with Gasteiger partial charge in [0.25, 0.3) is 5.91 Å². The maximum absolute atomic E-state index is 13.0. The predicted molar refractivity (Wildman–Crippen MR) is 88.6 cm³/mol. The van der Waals surface area contributed by atoms with E-state index in [1.54, 1.807) is 0 Å². The zero-order valence-corrected chi connectivity index (χ0v) is 14.9. The second-order valence-electron chi connectivity index (χ2n) is 7.78. The first kappa shape index (κ1) is 16.5. The third-order valence-corrected chi connectivity index (χ3v) is 4.79. The van der Waals surface area contributed by atoms with Crippen molar-refractivity contribution in [1.82, 2.24) is 19.6 Å². The zero-order chi connectivity index (χ0) is 16.8. The summed E-state index contributed by atoms with van der Waals surface area (Å²) >= 11 is 0. The lowest BCUT2D eigenvalue weighted by Crippen LogP contribution is -2.60. The average molecular weight is 320 g/mol. The standard InChI is InChI=1S/C17H28N4O2/c1-12-10-13(18-21(12)17(2,3)4)16(22)20-8-9-23-15-6-7-19(5)11-14(15)20/h10,14-15H,6-9,11H2,1-5H3. The monoisotopic (exact) mass is 320 g/mol. The topological polar surface area (TPSA) is 50.6 Å². The molecule has 0 bridgehead atoms. The summed E-state index contributed by atoms with van der Waals surface area (Å²) < 4.78 is 7.82. The molecule has 0 radical (unpaired) electrons. The number of piperidine rings is 1. The molecule has 2 saturated heterocycles. The van der Waals surface area contributed by atoms with E-state index in [1.807, 2.05) is 22.6 Å². The fourth-order valence-corrected chi connectivity index (χ4v) is 3.69. The van der Waals surface area contributed by atoms with Crippen LogP contribution in [0.3, 0.4) is 0 Å². The SMILES string of the molecule is Cc1cc(C(=O)N2CCOC3CCN(C)CC32)nn1C(C)(C)C. The van der Waals surface area contributed by atoms with Crippen molar-refractivity contribution in [2.24, 2.45) is 0 Å². The molecule has 0 aromatic carbocycles. The molecular formula is C17H28N4O2. The summed E-state index contributed by atoms with van der Waals surface area (Å²) in [5, 5.41) is 4.58. The number of amides is 1. The summed E-state index contributed by atoms with van der Waals surface area (Å²) in [4.78, 5) is 17.3. The van der Waals surface area contributed by atoms with Gasteiger partial charge in [0, 0.05) is 25.3 Å². The molecule has 0 aliphatic carbocycles. The number of aryl methyl sites for hydroxylation is 1. The zero-order valence-electron chi connectivity index (χ0n) is 14.9. The number of morpholine rings is 1.